The predicted molar refractivity (Wildman–Crippen MR) is 103 cm³/mol. The van der Waals surface area contributed by atoms with E-state index in [1.807, 2.05) is 36.4 Å². The molecule has 26 heavy (non-hydrogen) atoms. The van der Waals surface area contributed by atoms with Gasteiger partial charge in [0, 0.05) is 30.7 Å². The molecule has 1 heterocycles. The van der Waals surface area contributed by atoms with Gasteiger partial charge in [-0.15, -0.1) is 0 Å². The molecular formula is C22H29NO3. The van der Waals surface area contributed by atoms with Crippen molar-refractivity contribution in [1.29, 1.82) is 0 Å². The van der Waals surface area contributed by atoms with Crippen LogP contribution in [0, 0.1) is 5.92 Å². The highest BCUT2D eigenvalue weighted by atomic mass is 16.5. The first kappa shape index (κ1) is 19.1. The van der Waals surface area contributed by atoms with Crippen molar-refractivity contribution in [2.75, 3.05) is 19.8 Å². The summed E-state index contributed by atoms with van der Waals surface area (Å²) in [6.07, 6.45) is 0.795. The quantitative estimate of drug-likeness (QED) is 0.764. The SMILES string of the molecule is C[C@H](c1ccccc1)N1[C@H](CO)C[C@H](CO)[C@H]1COCc1ccccc1. The summed E-state index contributed by atoms with van der Waals surface area (Å²) in [5.41, 5.74) is 2.37. The van der Waals surface area contributed by atoms with Gasteiger partial charge in [-0.2, -0.15) is 0 Å². The summed E-state index contributed by atoms with van der Waals surface area (Å²) >= 11 is 0. The molecule has 2 aromatic carbocycles. The second kappa shape index (κ2) is 9.28. The van der Waals surface area contributed by atoms with E-state index in [0.717, 1.165) is 12.0 Å². The third-order valence-electron chi connectivity index (χ3n) is 5.50. The molecule has 140 valence electrons. The van der Waals surface area contributed by atoms with Crippen molar-refractivity contribution in [3.8, 4) is 0 Å². The standard InChI is InChI=1S/C22H29NO3/c1-17(19-10-6-3-7-11-19)23-21(14-25)12-20(13-24)22(23)16-26-15-18-8-4-2-5-9-18/h2-11,17,20-22,24-25H,12-16H2,1H3/t17-,20-,21+,22-/m1/s1. The number of aliphatic hydroxyl groups is 2. The number of ether oxygens (including phenoxy) is 1. The maximum absolute atomic E-state index is 9.90. The van der Waals surface area contributed by atoms with E-state index in [-0.39, 0.29) is 37.3 Å². The number of rotatable bonds is 8. The fourth-order valence-electron chi connectivity index (χ4n) is 4.11. The lowest BCUT2D eigenvalue weighted by atomic mass is 10.00. The smallest absolute Gasteiger partial charge is 0.0717 e. The molecule has 0 spiro atoms. The van der Waals surface area contributed by atoms with Crippen LogP contribution in [0.25, 0.3) is 0 Å². The Morgan fingerprint density at radius 2 is 1.65 bits per heavy atom. The Labute approximate surface area is 156 Å². The monoisotopic (exact) mass is 355 g/mol. The zero-order chi connectivity index (χ0) is 18.4. The first-order valence-electron chi connectivity index (χ1n) is 9.40. The number of aliphatic hydroxyl groups excluding tert-OH is 2. The summed E-state index contributed by atoms with van der Waals surface area (Å²) in [6, 6.07) is 20.8. The Morgan fingerprint density at radius 3 is 2.27 bits per heavy atom. The second-order valence-corrected chi connectivity index (χ2v) is 7.12. The molecule has 1 aliphatic heterocycles. The third kappa shape index (κ3) is 4.33. The molecule has 1 saturated heterocycles. The minimum absolute atomic E-state index is 0.0488. The molecule has 0 amide bonds. The van der Waals surface area contributed by atoms with Gasteiger partial charge in [-0.05, 0) is 24.5 Å². The summed E-state index contributed by atoms with van der Waals surface area (Å²) in [5, 5.41) is 19.8. The minimum Gasteiger partial charge on any atom is -0.396 e. The summed E-state index contributed by atoms with van der Waals surface area (Å²) in [5.74, 6) is 0.120. The van der Waals surface area contributed by atoms with Gasteiger partial charge in [0.2, 0.25) is 0 Å². The minimum atomic E-state index is 0.0488. The molecule has 0 bridgehead atoms. The lowest BCUT2D eigenvalue weighted by Gasteiger charge is -2.36. The molecule has 0 radical (unpaired) electrons. The van der Waals surface area contributed by atoms with Gasteiger partial charge in [0.05, 0.1) is 19.8 Å². The molecule has 3 rings (SSSR count). The fourth-order valence-corrected chi connectivity index (χ4v) is 4.11. The fraction of sp³-hybridized carbons (Fsp3) is 0.455. The van der Waals surface area contributed by atoms with Crippen LogP contribution < -0.4 is 0 Å². The van der Waals surface area contributed by atoms with Crippen LogP contribution in [-0.2, 0) is 11.3 Å². The Balaban J connectivity index is 1.72. The molecule has 0 unspecified atom stereocenters. The number of benzene rings is 2. The van der Waals surface area contributed by atoms with E-state index in [4.69, 9.17) is 4.74 Å². The van der Waals surface area contributed by atoms with E-state index < -0.39 is 0 Å². The van der Waals surface area contributed by atoms with Crippen LogP contribution in [0.1, 0.15) is 30.5 Å². The van der Waals surface area contributed by atoms with Crippen molar-refractivity contribution in [3.05, 3.63) is 71.8 Å². The largest absolute Gasteiger partial charge is 0.396 e. The highest BCUT2D eigenvalue weighted by Gasteiger charge is 2.43. The van der Waals surface area contributed by atoms with Crippen molar-refractivity contribution >= 4 is 0 Å². The molecular weight excluding hydrogens is 326 g/mol. The van der Waals surface area contributed by atoms with Crippen LogP contribution in [0.3, 0.4) is 0 Å². The van der Waals surface area contributed by atoms with Crippen LogP contribution >= 0.6 is 0 Å². The van der Waals surface area contributed by atoms with Crippen molar-refractivity contribution in [2.45, 2.75) is 38.1 Å². The number of hydrogen-bond donors (Lipinski definition) is 2. The van der Waals surface area contributed by atoms with Gasteiger partial charge in [0.15, 0.2) is 0 Å². The Morgan fingerprint density at radius 1 is 1.00 bits per heavy atom. The topological polar surface area (TPSA) is 52.9 Å². The Hall–Kier alpha value is -1.72. The molecule has 4 heteroatoms. The third-order valence-corrected chi connectivity index (χ3v) is 5.50. The highest BCUT2D eigenvalue weighted by molar-refractivity contribution is 5.20. The van der Waals surface area contributed by atoms with Gasteiger partial charge in [0.25, 0.3) is 0 Å². The van der Waals surface area contributed by atoms with E-state index in [1.165, 1.54) is 5.56 Å². The number of nitrogens with zero attached hydrogens (tertiary/aromatic N) is 1. The Bertz CT molecular complexity index is 649. The summed E-state index contributed by atoms with van der Waals surface area (Å²) in [7, 11) is 0. The summed E-state index contributed by atoms with van der Waals surface area (Å²) in [4.78, 5) is 2.33. The zero-order valence-corrected chi connectivity index (χ0v) is 15.4. The number of hydrogen-bond acceptors (Lipinski definition) is 4. The molecule has 1 fully saturated rings. The summed E-state index contributed by atoms with van der Waals surface area (Å²) in [6.45, 7) is 3.50. The molecule has 2 aromatic rings. The average molecular weight is 355 g/mol. The lowest BCUT2D eigenvalue weighted by molar-refractivity contribution is 0.0110. The lowest BCUT2D eigenvalue weighted by Crippen LogP contribution is -2.44. The first-order chi connectivity index (χ1) is 12.7. The van der Waals surface area contributed by atoms with Gasteiger partial charge in [-0.25, -0.2) is 0 Å². The first-order valence-corrected chi connectivity index (χ1v) is 9.40. The van der Waals surface area contributed by atoms with Crippen LogP contribution in [-0.4, -0.2) is 47.0 Å². The molecule has 0 aliphatic carbocycles. The van der Waals surface area contributed by atoms with Crippen molar-refractivity contribution in [1.82, 2.24) is 4.90 Å². The zero-order valence-electron chi connectivity index (χ0n) is 15.4. The maximum Gasteiger partial charge on any atom is 0.0717 e. The Kier molecular flexibility index (Phi) is 6.80. The molecule has 2 N–H and O–H groups in total. The van der Waals surface area contributed by atoms with Crippen LogP contribution in [0.4, 0.5) is 0 Å². The van der Waals surface area contributed by atoms with Crippen molar-refractivity contribution in [2.24, 2.45) is 5.92 Å². The van der Waals surface area contributed by atoms with E-state index in [9.17, 15) is 10.2 Å². The molecule has 4 nitrogen and oxygen atoms in total. The van der Waals surface area contributed by atoms with E-state index in [1.54, 1.807) is 0 Å². The molecule has 4 atom stereocenters. The van der Waals surface area contributed by atoms with Gasteiger partial charge in [0.1, 0.15) is 0 Å². The van der Waals surface area contributed by atoms with E-state index in [0.29, 0.717) is 13.2 Å². The maximum atomic E-state index is 9.90. The van der Waals surface area contributed by atoms with Gasteiger partial charge in [-0.3, -0.25) is 4.90 Å². The van der Waals surface area contributed by atoms with E-state index in [2.05, 4.69) is 36.1 Å². The normalized spacial score (nSPS) is 24.7. The van der Waals surface area contributed by atoms with Crippen LogP contribution in [0.15, 0.2) is 60.7 Å². The molecule has 0 aromatic heterocycles. The van der Waals surface area contributed by atoms with Gasteiger partial charge < -0.3 is 14.9 Å². The van der Waals surface area contributed by atoms with Gasteiger partial charge in [-0.1, -0.05) is 60.7 Å². The van der Waals surface area contributed by atoms with Gasteiger partial charge >= 0.3 is 0 Å². The average Bonchev–Trinajstić information content (AvgIpc) is 3.06. The molecule has 0 saturated carbocycles. The van der Waals surface area contributed by atoms with Crippen LogP contribution in [0.2, 0.25) is 0 Å². The van der Waals surface area contributed by atoms with Crippen molar-refractivity contribution in [3.63, 3.8) is 0 Å². The second-order valence-electron chi connectivity index (χ2n) is 7.12. The molecule has 1 aliphatic rings. The van der Waals surface area contributed by atoms with E-state index >= 15 is 0 Å². The summed E-state index contributed by atoms with van der Waals surface area (Å²) < 4.78 is 6.01. The number of likely N-dealkylation sites (tertiary alicyclic amines) is 1. The predicted octanol–water partition coefficient (Wildman–Crippen LogP) is 3.01. The highest BCUT2D eigenvalue weighted by Crippen LogP contribution is 2.37. The van der Waals surface area contributed by atoms with Crippen molar-refractivity contribution < 1.29 is 14.9 Å². The van der Waals surface area contributed by atoms with Crippen LogP contribution in [0.5, 0.6) is 0 Å².